The minimum Gasteiger partial charge on any atom is -0.468 e. The number of carbonyl (C=O) groups is 1. The molecular weight excluding hydrogens is 190 g/mol. The van der Waals surface area contributed by atoms with Crippen LogP contribution in [-0.2, 0) is 9.53 Å². The summed E-state index contributed by atoms with van der Waals surface area (Å²) in [5.74, 6) is -1.33. The summed E-state index contributed by atoms with van der Waals surface area (Å²) in [5, 5.41) is 8.92. The first-order chi connectivity index (χ1) is 7.10. The molecule has 0 fully saturated rings. The highest BCUT2D eigenvalue weighted by molar-refractivity contribution is 5.81. The van der Waals surface area contributed by atoms with E-state index < -0.39 is 11.9 Å². The molecule has 0 amide bonds. The summed E-state index contributed by atoms with van der Waals surface area (Å²) in [5.41, 5.74) is 2.76. The summed E-state index contributed by atoms with van der Waals surface area (Å²) in [6, 6.07) is 7.59. The highest BCUT2D eigenvalue weighted by Gasteiger charge is 2.22. The lowest BCUT2D eigenvalue weighted by Crippen LogP contribution is -2.13. The van der Waals surface area contributed by atoms with E-state index in [0.29, 0.717) is 0 Å². The van der Waals surface area contributed by atoms with Crippen molar-refractivity contribution in [2.45, 2.75) is 19.8 Å². The van der Waals surface area contributed by atoms with Crippen LogP contribution in [-0.4, -0.2) is 13.1 Å². The van der Waals surface area contributed by atoms with Crippen molar-refractivity contribution >= 4 is 5.97 Å². The number of nitrogens with zero attached hydrogens (tertiary/aromatic N) is 1. The molecule has 3 heteroatoms. The standard InChI is InChI=1S/C12H13NO2/c1-8-4-5-10(9(2)6-8)11(7-13)12(14)15-3/h4-6,11H,1-3H3. The number of nitriles is 1. The van der Waals surface area contributed by atoms with Gasteiger partial charge in [-0.15, -0.1) is 0 Å². The number of hydrogen-bond acceptors (Lipinski definition) is 3. The molecule has 1 aromatic carbocycles. The van der Waals surface area contributed by atoms with Gasteiger partial charge in [0.1, 0.15) is 0 Å². The van der Waals surface area contributed by atoms with Gasteiger partial charge in [0.2, 0.25) is 0 Å². The summed E-state index contributed by atoms with van der Waals surface area (Å²) in [7, 11) is 1.29. The summed E-state index contributed by atoms with van der Waals surface area (Å²) >= 11 is 0. The average Bonchev–Trinajstić information content (AvgIpc) is 2.21. The number of ether oxygens (including phenoxy) is 1. The van der Waals surface area contributed by atoms with Gasteiger partial charge < -0.3 is 4.74 Å². The minimum absolute atomic E-state index is 0.510. The van der Waals surface area contributed by atoms with Crippen molar-refractivity contribution in [1.29, 1.82) is 5.26 Å². The summed E-state index contributed by atoms with van der Waals surface area (Å²) in [6.45, 7) is 3.85. The topological polar surface area (TPSA) is 50.1 Å². The van der Waals surface area contributed by atoms with Gasteiger partial charge in [-0.25, -0.2) is 0 Å². The predicted molar refractivity (Wildman–Crippen MR) is 56.3 cm³/mol. The maximum absolute atomic E-state index is 11.3. The van der Waals surface area contributed by atoms with Gasteiger partial charge in [-0.2, -0.15) is 5.26 Å². The molecule has 0 heterocycles. The van der Waals surface area contributed by atoms with Crippen LogP contribution in [0.5, 0.6) is 0 Å². The lowest BCUT2D eigenvalue weighted by atomic mass is 9.95. The number of esters is 1. The largest absolute Gasteiger partial charge is 0.468 e. The van der Waals surface area contributed by atoms with Crippen LogP contribution in [0.25, 0.3) is 0 Å². The summed E-state index contributed by atoms with van der Waals surface area (Å²) < 4.78 is 4.58. The molecule has 78 valence electrons. The molecule has 0 spiro atoms. The Kier molecular flexibility index (Phi) is 3.46. The SMILES string of the molecule is COC(=O)C(C#N)c1ccc(C)cc1C. The zero-order chi connectivity index (χ0) is 11.4. The van der Waals surface area contributed by atoms with Crippen molar-refractivity contribution in [2.75, 3.05) is 7.11 Å². The van der Waals surface area contributed by atoms with E-state index >= 15 is 0 Å². The van der Waals surface area contributed by atoms with E-state index in [9.17, 15) is 4.79 Å². The molecule has 0 aliphatic rings. The van der Waals surface area contributed by atoms with Crippen LogP contribution in [0, 0.1) is 25.2 Å². The molecule has 1 atom stereocenters. The van der Waals surface area contributed by atoms with Crippen molar-refractivity contribution < 1.29 is 9.53 Å². The molecule has 0 saturated carbocycles. The Balaban J connectivity index is 3.14. The van der Waals surface area contributed by atoms with Crippen molar-refractivity contribution in [1.82, 2.24) is 0 Å². The van der Waals surface area contributed by atoms with Gasteiger partial charge in [-0.05, 0) is 25.0 Å². The number of carbonyl (C=O) groups excluding carboxylic acids is 1. The number of methoxy groups -OCH3 is 1. The molecule has 1 unspecified atom stereocenters. The van der Waals surface area contributed by atoms with Gasteiger partial charge in [0.25, 0.3) is 0 Å². The van der Waals surface area contributed by atoms with Crippen LogP contribution < -0.4 is 0 Å². The average molecular weight is 203 g/mol. The lowest BCUT2D eigenvalue weighted by molar-refractivity contribution is -0.141. The Morgan fingerprint density at radius 2 is 2.13 bits per heavy atom. The first-order valence-electron chi connectivity index (χ1n) is 4.64. The van der Waals surface area contributed by atoms with Crippen molar-refractivity contribution in [3.63, 3.8) is 0 Å². The second kappa shape index (κ2) is 4.61. The molecule has 3 nitrogen and oxygen atoms in total. The lowest BCUT2D eigenvalue weighted by Gasteiger charge is -2.10. The first-order valence-corrected chi connectivity index (χ1v) is 4.64. The summed E-state index contributed by atoms with van der Waals surface area (Å²) in [4.78, 5) is 11.3. The van der Waals surface area contributed by atoms with Crippen molar-refractivity contribution in [3.8, 4) is 6.07 Å². The van der Waals surface area contributed by atoms with Crippen LogP contribution in [0.2, 0.25) is 0 Å². The van der Waals surface area contributed by atoms with Crippen LogP contribution in [0.4, 0.5) is 0 Å². The Morgan fingerprint density at radius 3 is 2.60 bits per heavy atom. The zero-order valence-corrected chi connectivity index (χ0v) is 9.07. The van der Waals surface area contributed by atoms with E-state index in [4.69, 9.17) is 5.26 Å². The Bertz CT molecular complexity index is 418. The number of benzene rings is 1. The highest BCUT2D eigenvalue weighted by Crippen LogP contribution is 2.21. The Morgan fingerprint density at radius 1 is 1.47 bits per heavy atom. The van der Waals surface area contributed by atoms with Gasteiger partial charge >= 0.3 is 5.97 Å². The fourth-order valence-electron chi connectivity index (χ4n) is 1.52. The van der Waals surface area contributed by atoms with Crippen molar-refractivity contribution in [3.05, 3.63) is 34.9 Å². The van der Waals surface area contributed by atoms with Crippen LogP contribution in [0.15, 0.2) is 18.2 Å². The van der Waals surface area contributed by atoms with E-state index in [1.807, 2.05) is 32.0 Å². The van der Waals surface area contributed by atoms with E-state index in [1.165, 1.54) is 7.11 Å². The van der Waals surface area contributed by atoms with Gasteiger partial charge in [0.15, 0.2) is 5.92 Å². The van der Waals surface area contributed by atoms with E-state index in [-0.39, 0.29) is 0 Å². The normalized spacial score (nSPS) is 11.6. The van der Waals surface area contributed by atoms with E-state index in [2.05, 4.69) is 4.74 Å². The third-order valence-electron chi connectivity index (χ3n) is 2.30. The maximum atomic E-state index is 11.3. The molecule has 1 rings (SSSR count). The molecule has 0 radical (unpaired) electrons. The molecule has 15 heavy (non-hydrogen) atoms. The number of hydrogen-bond donors (Lipinski definition) is 0. The minimum atomic E-state index is -0.824. The molecule has 0 saturated heterocycles. The van der Waals surface area contributed by atoms with Crippen LogP contribution in [0.1, 0.15) is 22.6 Å². The third-order valence-corrected chi connectivity index (χ3v) is 2.30. The van der Waals surface area contributed by atoms with Gasteiger partial charge in [-0.3, -0.25) is 4.79 Å². The Hall–Kier alpha value is -1.82. The molecule has 0 aromatic heterocycles. The predicted octanol–water partition coefficient (Wildman–Crippen LogP) is 2.08. The van der Waals surface area contributed by atoms with Crippen LogP contribution in [0.3, 0.4) is 0 Å². The molecular formula is C12H13NO2. The maximum Gasteiger partial charge on any atom is 0.327 e. The zero-order valence-electron chi connectivity index (χ0n) is 9.07. The molecule has 1 aromatic rings. The fraction of sp³-hybridized carbons (Fsp3) is 0.333. The van der Waals surface area contributed by atoms with Crippen LogP contribution >= 0.6 is 0 Å². The van der Waals surface area contributed by atoms with E-state index in [0.717, 1.165) is 16.7 Å². The monoisotopic (exact) mass is 203 g/mol. The molecule has 0 aliphatic carbocycles. The quantitative estimate of drug-likeness (QED) is 0.691. The highest BCUT2D eigenvalue weighted by atomic mass is 16.5. The van der Waals surface area contributed by atoms with Crippen molar-refractivity contribution in [2.24, 2.45) is 0 Å². The first kappa shape index (κ1) is 11.3. The smallest absolute Gasteiger partial charge is 0.327 e. The summed E-state index contributed by atoms with van der Waals surface area (Å²) in [6.07, 6.45) is 0. The van der Waals surface area contributed by atoms with E-state index in [1.54, 1.807) is 6.07 Å². The Labute approximate surface area is 89.3 Å². The number of rotatable bonds is 2. The van der Waals surface area contributed by atoms with Gasteiger partial charge in [0, 0.05) is 0 Å². The number of aryl methyl sites for hydroxylation is 2. The van der Waals surface area contributed by atoms with Gasteiger partial charge in [-0.1, -0.05) is 23.8 Å². The second-order valence-electron chi connectivity index (χ2n) is 3.45. The second-order valence-corrected chi connectivity index (χ2v) is 3.45. The molecule has 0 N–H and O–H groups in total. The third kappa shape index (κ3) is 2.35. The molecule has 0 bridgehead atoms. The van der Waals surface area contributed by atoms with Gasteiger partial charge in [0.05, 0.1) is 13.2 Å². The fourth-order valence-corrected chi connectivity index (χ4v) is 1.52. The molecule has 0 aliphatic heterocycles.